The molecule has 2 atom stereocenters. The van der Waals surface area contributed by atoms with Gasteiger partial charge < -0.3 is 20.2 Å². The van der Waals surface area contributed by atoms with Crippen molar-refractivity contribution in [3.05, 3.63) is 18.3 Å². The van der Waals surface area contributed by atoms with Crippen LogP contribution in [0.15, 0.2) is 12.5 Å². The lowest BCUT2D eigenvalue weighted by Gasteiger charge is -2.19. The van der Waals surface area contributed by atoms with Gasteiger partial charge in [-0.25, -0.2) is 15.0 Å². The number of nitrogens with two attached hydrogens (primary N) is 1. The number of carbonyl (C=O) groups is 2. The van der Waals surface area contributed by atoms with Crippen molar-refractivity contribution in [1.82, 2.24) is 19.9 Å². The molecule has 0 aliphatic carbocycles. The number of esters is 2. The molecular formula is C27H45N5O4. The molecule has 202 valence electrons. The number of H-pyrrole nitrogens is 1. The number of fused-ring (bicyclic) bond motifs is 1. The Kier molecular flexibility index (Phi) is 14.0. The van der Waals surface area contributed by atoms with Gasteiger partial charge in [-0.05, 0) is 18.8 Å². The number of ether oxygens (including phenoxy) is 2. The van der Waals surface area contributed by atoms with Crippen molar-refractivity contribution in [3.63, 3.8) is 0 Å². The van der Waals surface area contributed by atoms with Crippen LogP contribution in [-0.2, 0) is 25.5 Å². The first kappa shape index (κ1) is 29.7. The van der Waals surface area contributed by atoms with Crippen LogP contribution in [0.5, 0.6) is 0 Å². The average molecular weight is 504 g/mol. The topological polar surface area (TPSA) is 133 Å². The second-order valence-corrected chi connectivity index (χ2v) is 9.98. The van der Waals surface area contributed by atoms with E-state index < -0.39 is 12.0 Å². The Morgan fingerprint density at radius 3 is 2.39 bits per heavy atom. The Balaban J connectivity index is 1.74. The first-order chi connectivity index (χ1) is 17.4. The van der Waals surface area contributed by atoms with Crippen LogP contribution in [-0.4, -0.2) is 51.1 Å². The summed E-state index contributed by atoms with van der Waals surface area (Å²) in [6.45, 7) is 6.41. The van der Waals surface area contributed by atoms with Crippen molar-refractivity contribution in [3.8, 4) is 0 Å². The Morgan fingerprint density at radius 2 is 1.69 bits per heavy atom. The van der Waals surface area contributed by atoms with E-state index in [0.717, 1.165) is 18.4 Å². The van der Waals surface area contributed by atoms with E-state index in [0.29, 0.717) is 30.7 Å². The van der Waals surface area contributed by atoms with E-state index in [4.69, 9.17) is 15.2 Å². The third kappa shape index (κ3) is 11.5. The first-order valence-electron chi connectivity index (χ1n) is 13.6. The molecule has 9 nitrogen and oxygen atoms in total. The number of nitrogens with one attached hydrogen (secondary N) is 1. The van der Waals surface area contributed by atoms with E-state index >= 15 is 0 Å². The number of aromatic nitrogens is 4. The van der Waals surface area contributed by atoms with Gasteiger partial charge in [-0.2, -0.15) is 0 Å². The number of aromatic amines is 1. The lowest BCUT2D eigenvalue weighted by molar-refractivity contribution is -0.149. The summed E-state index contributed by atoms with van der Waals surface area (Å²) in [6, 6.07) is -0.670. The minimum Gasteiger partial charge on any atom is -0.466 e. The number of imidazole rings is 1. The van der Waals surface area contributed by atoms with E-state index in [1.807, 2.05) is 13.8 Å². The first-order valence-corrected chi connectivity index (χ1v) is 13.6. The van der Waals surface area contributed by atoms with E-state index in [1.54, 1.807) is 12.5 Å². The maximum atomic E-state index is 12.2. The van der Waals surface area contributed by atoms with Crippen LogP contribution in [0.25, 0.3) is 11.2 Å². The molecule has 0 fully saturated rings. The zero-order valence-corrected chi connectivity index (χ0v) is 22.3. The standard InChI is InChI=1S/C27H45N5O4/c1-4-5-6-7-8-9-10-11-12-13-24(33)35-15-14-21(18-36-27(34)25(28)20(2)3)16-23-29-17-22-26(32-23)31-19-30-22/h17,19-21,25H,4-16,18,28H2,1-3H3,(H,29,30,31,32)/t21?,25-/m0/s1. The quantitative estimate of drug-likeness (QED) is 0.204. The molecule has 0 aliphatic rings. The molecule has 36 heavy (non-hydrogen) atoms. The minimum absolute atomic E-state index is 0.0108. The zero-order chi connectivity index (χ0) is 26.2. The maximum Gasteiger partial charge on any atom is 0.323 e. The molecule has 2 aromatic rings. The third-order valence-electron chi connectivity index (χ3n) is 6.42. The van der Waals surface area contributed by atoms with Crippen molar-refractivity contribution in [2.24, 2.45) is 17.6 Å². The number of hydrogen-bond donors (Lipinski definition) is 2. The summed E-state index contributed by atoms with van der Waals surface area (Å²) < 4.78 is 11.0. The minimum atomic E-state index is -0.670. The van der Waals surface area contributed by atoms with E-state index in [1.165, 1.54) is 44.9 Å². The Bertz CT molecular complexity index is 901. The molecule has 0 saturated heterocycles. The van der Waals surface area contributed by atoms with Gasteiger partial charge in [-0.1, -0.05) is 72.1 Å². The molecular weight excluding hydrogens is 458 g/mol. The zero-order valence-electron chi connectivity index (χ0n) is 22.3. The second kappa shape index (κ2) is 17.0. The highest BCUT2D eigenvalue weighted by Gasteiger charge is 2.22. The van der Waals surface area contributed by atoms with Crippen LogP contribution >= 0.6 is 0 Å². The fourth-order valence-corrected chi connectivity index (χ4v) is 3.93. The maximum absolute atomic E-state index is 12.2. The van der Waals surface area contributed by atoms with Crippen molar-refractivity contribution in [2.45, 2.75) is 104 Å². The molecule has 0 spiro atoms. The summed E-state index contributed by atoms with van der Waals surface area (Å²) in [4.78, 5) is 40.4. The van der Waals surface area contributed by atoms with Gasteiger partial charge in [-0.15, -0.1) is 0 Å². The van der Waals surface area contributed by atoms with Gasteiger partial charge in [0, 0.05) is 18.8 Å². The van der Waals surface area contributed by atoms with Crippen LogP contribution in [0.2, 0.25) is 0 Å². The Morgan fingerprint density at radius 1 is 1.00 bits per heavy atom. The Hall–Kier alpha value is -2.55. The van der Waals surface area contributed by atoms with Crippen molar-refractivity contribution >= 4 is 23.1 Å². The SMILES string of the molecule is CCCCCCCCCCCC(=O)OCCC(COC(=O)[C@@H](N)C(C)C)Cc1ncc2[nH]cnc2n1. The highest BCUT2D eigenvalue weighted by atomic mass is 16.5. The van der Waals surface area contributed by atoms with Crippen LogP contribution in [0, 0.1) is 11.8 Å². The van der Waals surface area contributed by atoms with Crippen molar-refractivity contribution in [1.29, 1.82) is 0 Å². The lowest BCUT2D eigenvalue weighted by Crippen LogP contribution is -2.38. The summed E-state index contributed by atoms with van der Waals surface area (Å²) in [7, 11) is 0. The summed E-state index contributed by atoms with van der Waals surface area (Å²) in [6.07, 6.45) is 15.6. The number of carbonyl (C=O) groups excluding carboxylic acids is 2. The van der Waals surface area contributed by atoms with E-state index in [-0.39, 0.29) is 31.0 Å². The van der Waals surface area contributed by atoms with Gasteiger partial charge in [0.05, 0.1) is 25.7 Å². The van der Waals surface area contributed by atoms with Crippen LogP contribution in [0.3, 0.4) is 0 Å². The predicted molar refractivity (Wildman–Crippen MR) is 140 cm³/mol. The Labute approximate surface area is 215 Å². The van der Waals surface area contributed by atoms with Gasteiger partial charge >= 0.3 is 11.9 Å². The highest BCUT2D eigenvalue weighted by molar-refractivity contribution is 5.75. The highest BCUT2D eigenvalue weighted by Crippen LogP contribution is 2.15. The molecule has 9 heteroatoms. The lowest BCUT2D eigenvalue weighted by atomic mass is 10.0. The molecule has 0 bridgehead atoms. The average Bonchev–Trinajstić information content (AvgIpc) is 3.33. The van der Waals surface area contributed by atoms with E-state index in [9.17, 15) is 9.59 Å². The van der Waals surface area contributed by atoms with Crippen LogP contribution in [0.4, 0.5) is 0 Å². The van der Waals surface area contributed by atoms with Crippen molar-refractivity contribution in [2.75, 3.05) is 13.2 Å². The van der Waals surface area contributed by atoms with Gasteiger partial charge in [0.15, 0.2) is 5.65 Å². The van der Waals surface area contributed by atoms with Crippen molar-refractivity contribution < 1.29 is 19.1 Å². The molecule has 0 amide bonds. The molecule has 2 rings (SSSR count). The van der Waals surface area contributed by atoms with Gasteiger partial charge in [0.25, 0.3) is 0 Å². The van der Waals surface area contributed by atoms with Crippen LogP contribution in [0.1, 0.15) is 97.2 Å². The van der Waals surface area contributed by atoms with Gasteiger partial charge in [0.2, 0.25) is 0 Å². The molecule has 0 aliphatic heterocycles. The number of nitrogens with zero attached hydrogens (tertiary/aromatic N) is 3. The monoisotopic (exact) mass is 503 g/mol. The predicted octanol–water partition coefficient (Wildman–Crippen LogP) is 4.89. The summed E-state index contributed by atoms with van der Waals surface area (Å²) in [5.74, 6) is -0.121. The molecule has 2 heterocycles. The number of unbranched alkanes of at least 4 members (excludes halogenated alkanes) is 8. The van der Waals surface area contributed by atoms with Crippen LogP contribution < -0.4 is 5.73 Å². The van der Waals surface area contributed by atoms with Gasteiger partial charge in [0.1, 0.15) is 17.4 Å². The summed E-state index contributed by atoms with van der Waals surface area (Å²) >= 11 is 0. The number of hydrogen-bond acceptors (Lipinski definition) is 8. The largest absolute Gasteiger partial charge is 0.466 e. The fourth-order valence-electron chi connectivity index (χ4n) is 3.93. The summed E-state index contributed by atoms with van der Waals surface area (Å²) in [5, 5.41) is 0. The molecule has 2 aromatic heterocycles. The molecule has 0 aromatic carbocycles. The molecule has 0 radical (unpaired) electrons. The fraction of sp³-hybridized carbons (Fsp3) is 0.741. The van der Waals surface area contributed by atoms with Gasteiger partial charge in [-0.3, -0.25) is 9.59 Å². The smallest absolute Gasteiger partial charge is 0.323 e. The number of rotatable bonds is 19. The summed E-state index contributed by atoms with van der Waals surface area (Å²) in [5.41, 5.74) is 7.26. The molecule has 0 saturated carbocycles. The second-order valence-electron chi connectivity index (χ2n) is 9.98. The molecule has 3 N–H and O–H groups in total. The van der Waals surface area contributed by atoms with E-state index in [2.05, 4.69) is 26.9 Å². The third-order valence-corrected chi connectivity index (χ3v) is 6.42. The normalized spacial score (nSPS) is 13.1. The molecule has 1 unspecified atom stereocenters.